The molecule has 1 aliphatic heterocycles. The van der Waals surface area contributed by atoms with Crippen LogP contribution in [0.15, 0.2) is 89.0 Å². The fraction of sp³-hybridized carbons (Fsp3) is 0.185. The molecule has 0 unspecified atom stereocenters. The van der Waals surface area contributed by atoms with Crippen molar-refractivity contribution < 1.29 is 0 Å². The molecular formula is C27H26N6. The second kappa shape index (κ2) is 8.82. The van der Waals surface area contributed by atoms with E-state index in [0.717, 1.165) is 46.9 Å². The topological polar surface area (TPSA) is 58.7 Å². The summed E-state index contributed by atoms with van der Waals surface area (Å²) in [6.07, 6.45) is 0. The normalized spacial score (nSPS) is 13.8. The molecule has 2 heterocycles. The van der Waals surface area contributed by atoms with Crippen molar-refractivity contribution in [3.63, 3.8) is 0 Å². The van der Waals surface area contributed by atoms with Gasteiger partial charge in [-0.2, -0.15) is 9.78 Å². The lowest BCUT2D eigenvalue weighted by molar-refractivity contribution is 0.865. The maximum absolute atomic E-state index is 5.06. The van der Waals surface area contributed by atoms with Crippen LogP contribution < -0.4 is 4.90 Å². The average molecular weight is 435 g/mol. The molecule has 0 aliphatic carbocycles. The summed E-state index contributed by atoms with van der Waals surface area (Å²) in [4.78, 5) is 7.39. The van der Waals surface area contributed by atoms with Gasteiger partial charge in [0.1, 0.15) is 11.4 Å². The molecule has 33 heavy (non-hydrogen) atoms. The smallest absolute Gasteiger partial charge is 0.206 e. The Labute approximate surface area is 193 Å². The van der Waals surface area contributed by atoms with Gasteiger partial charge in [-0.05, 0) is 44.5 Å². The number of aromatic nitrogens is 3. The average Bonchev–Trinajstić information content (AvgIpc) is 3.43. The third kappa shape index (κ3) is 3.84. The lowest BCUT2D eigenvalue weighted by Crippen LogP contribution is -2.21. The van der Waals surface area contributed by atoms with Crippen molar-refractivity contribution in [2.45, 2.75) is 20.8 Å². The number of nitrogens with zero attached hydrogens (tertiary/aromatic N) is 6. The number of benzene rings is 3. The quantitative estimate of drug-likeness (QED) is 0.403. The van der Waals surface area contributed by atoms with E-state index in [9.17, 15) is 0 Å². The van der Waals surface area contributed by atoms with Crippen LogP contribution in [0.1, 0.15) is 30.8 Å². The molecule has 0 N–H and O–H groups in total. The van der Waals surface area contributed by atoms with E-state index in [2.05, 4.69) is 54.1 Å². The van der Waals surface area contributed by atoms with Crippen LogP contribution in [0.5, 0.6) is 0 Å². The number of hydrogen-bond donors (Lipinski definition) is 0. The monoisotopic (exact) mass is 434 g/mol. The van der Waals surface area contributed by atoms with Gasteiger partial charge in [0.05, 0.1) is 5.69 Å². The van der Waals surface area contributed by atoms with Crippen molar-refractivity contribution in [1.29, 1.82) is 0 Å². The molecule has 0 fully saturated rings. The molecule has 0 radical (unpaired) electrons. The van der Waals surface area contributed by atoms with Crippen molar-refractivity contribution in [2.75, 3.05) is 18.0 Å². The molecule has 0 bridgehead atoms. The first-order valence-electron chi connectivity index (χ1n) is 11.3. The van der Waals surface area contributed by atoms with Gasteiger partial charge < -0.3 is 4.90 Å². The molecule has 6 heteroatoms. The van der Waals surface area contributed by atoms with Crippen LogP contribution in [0, 0.1) is 6.92 Å². The summed E-state index contributed by atoms with van der Waals surface area (Å²) in [6.45, 7) is 8.39. The van der Waals surface area contributed by atoms with E-state index in [-0.39, 0.29) is 0 Å². The third-order valence-corrected chi connectivity index (χ3v) is 5.90. The van der Waals surface area contributed by atoms with E-state index in [0.29, 0.717) is 11.6 Å². The number of anilines is 1. The summed E-state index contributed by atoms with van der Waals surface area (Å²) < 4.78 is 1.80. The van der Waals surface area contributed by atoms with E-state index in [4.69, 9.17) is 10.1 Å². The summed E-state index contributed by atoms with van der Waals surface area (Å²) in [5.74, 6) is 1.36. The van der Waals surface area contributed by atoms with E-state index < -0.39 is 0 Å². The fourth-order valence-electron chi connectivity index (χ4n) is 4.11. The molecule has 164 valence electrons. The largest absolute Gasteiger partial charge is 0.372 e. The molecule has 0 saturated carbocycles. The maximum Gasteiger partial charge on any atom is 0.206 e. The van der Waals surface area contributed by atoms with Crippen molar-refractivity contribution >= 4 is 22.8 Å². The van der Waals surface area contributed by atoms with Crippen molar-refractivity contribution in [1.82, 2.24) is 14.9 Å². The SMILES string of the molecule is CCN(CC)c1ccc(N=C2C(c3ccccc3)=Nn3c2nnc3-c2ccccc2)c(C)c1. The minimum absolute atomic E-state index is 0.653. The van der Waals surface area contributed by atoms with Gasteiger partial charge in [-0.3, -0.25) is 0 Å². The van der Waals surface area contributed by atoms with Crippen LogP contribution in [-0.4, -0.2) is 39.4 Å². The minimum Gasteiger partial charge on any atom is -0.372 e. The Morgan fingerprint density at radius 2 is 1.42 bits per heavy atom. The molecular weight excluding hydrogens is 408 g/mol. The third-order valence-electron chi connectivity index (χ3n) is 5.90. The van der Waals surface area contributed by atoms with Gasteiger partial charge in [0.15, 0.2) is 5.82 Å². The lowest BCUT2D eigenvalue weighted by atomic mass is 10.1. The van der Waals surface area contributed by atoms with Gasteiger partial charge in [0, 0.05) is 29.9 Å². The highest BCUT2D eigenvalue weighted by Gasteiger charge is 2.30. The molecule has 0 saturated heterocycles. The highest BCUT2D eigenvalue weighted by Crippen LogP contribution is 2.29. The maximum atomic E-state index is 5.06. The van der Waals surface area contributed by atoms with Gasteiger partial charge >= 0.3 is 0 Å². The number of aliphatic imine (C=N–C) groups is 1. The number of fused-ring (bicyclic) bond motifs is 1. The minimum atomic E-state index is 0.653. The first-order chi connectivity index (χ1) is 16.2. The molecule has 3 aromatic carbocycles. The Bertz CT molecular complexity index is 1330. The summed E-state index contributed by atoms with van der Waals surface area (Å²) in [5, 5.41) is 13.8. The van der Waals surface area contributed by atoms with Crippen molar-refractivity contribution in [3.05, 3.63) is 95.8 Å². The van der Waals surface area contributed by atoms with Gasteiger partial charge in [0.25, 0.3) is 0 Å². The summed E-state index contributed by atoms with van der Waals surface area (Å²) >= 11 is 0. The summed E-state index contributed by atoms with van der Waals surface area (Å²) in [5.41, 5.74) is 6.72. The molecule has 4 aromatic rings. The highest BCUT2D eigenvalue weighted by atomic mass is 15.5. The van der Waals surface area contributed by atoms with Crippen LogP contribution in [0.3, 0.4) is 0 Å². The van der Waals surface area contributed by atoms with Gasteiger partial charge in [-0.25, -0.2) is 4.99 Å². The van der Waals surface area contributed by atoms with Crippen LogP contribution in [0.25, 0.3) is 11.4 Å². The van der Waals surface area contributed by atoms with E-state index in [1.807, 2.05) is 60.7 Å². The zero-order valence-corrected chi connectivity index (χ0v) is 19.1. The molecule has 6 nitrogen and oxygen atoms in total. The molecule has 1 aliphatic rings. The Morgan fingerprint density at radius 1 is 0.788 bits per heavy atom. The van der Waals surface area contributed by atoms with Gasteiger partial charge in [0.2, 0.25) is 5.82 Å². The van der Waals surface area contributed by atoms with Crippen LogP contribution in [-0.2, 0) is 0 Å². The van der Waals surface area contributed by atoms with Gasteiger partial charge in [-0.15, -0.1) is 10.2 Å². The number of aryl methyl sites for hydroxylation is 1. The Balaban J connectivity index is 1.63. The molecule has 0 amide bonds. The Hall–Kier alpha value is -4.06. The zero-order valence-electron chi connectivity index (χ0n) is 19.1. The second-order valence-electron chi connectivity index (χ2n) is 7.94. The van der Waals surface area contributed by atoms with Crippen molar-refractivity contribution in [2.24, 2.45) is 10.1 Å². The predicted octanol–water partition coefficient (Wildman–Crippen LogP) is 5.49. The van der Waals surface area contributed by atoms with Crippen LogP contribution in [0.4, 0.5) is 11.4 Å². The summed E-state index contributed by atoms with van der Waals surface area (Å²) in [7, 11) is 0. The molecule has 0 atom stereocenters. The first-order valence-corrected chi connectivity index (χ1v) is 11.3. The Morgan fingerprint density at radius 3 is 2.06 bits per heavy atom. The molecule has 0 spiro atoms. The number of hydrogen-bond acceptors (Lipinski definition) is 5. The zero-order chi connectivity index (χ0) is 22.8. The van der Waals surface area contributed by atoms with E-state index in [1.54, 1.807) is 4.68 Å². The predicted molar refractivity (Wildman–Crippen MR) is 135 cm³/mol. The lowest BCUT2D eigenvalue weighted by Gasteiger charge is -2.21. The second-order valence-corrected chi connectivity index (χ2v) is 7.94. The van der Waals surface area contributed by atoms with Crippen LogP contribution >= 0.6 is 0 Å². The van der Waals surface area contributed by atoms with Crippen molar-refractivity contribution in [3.8, 4) is 11.4 Å². The summed E-state index contributed by atoms with van der Waals surface area (Å²) in [6, 6.07) is 26.5. The molecule has 1 aromatic heterocycles. The molecule has 5 rings (SSSR count). The highest BCUT2D eigenvalue weighted by molar-refractivity contribution is 6.54. The van der Waals surface area contributed by atoms with Gasteiger partial charge in [-0.1, -0.05) is 60.7 Å². The fourth-order valence-corrected chi connectivity index (χ4v) is 4.11. The standard InChI is InChI=1S/C27H26N6/c1-4-32(5-2)22-16-17-23(19(3)18-22)28-25-24(20-12-8-6-9-13-20)31-33-26(29-30-27(25)33)21-14-10-7-11-15-21/h6-18H,4-5H2,1-3H3. The van der Waals surface area contributed by atoms with Crippen LogP contribution in [0.2, 0.25) is 0 Å². The Kier molecular flexibility index (Phi) is 5.57. The number of rotatable bonds is 6. The first kappa shape index (κ1) is 20.8. The van der Waals surface area contributed by atoms with E-state index >= 15 is 0 Å². The van der Waals surface area contributed by atoms with E-state index in [1.165, 1.54) is 5.69 Å².